The molecular weight excluding hydrogens is 426 g/mol. The molecule has 3 heterocycles. The van der Waals surface area contributed by atoms with Gasteiger partial charge in [0.15, 0.2) is 0 Å². The second-order valence-electron chi connectivity index (χ2n) is 7.57. The molecule has 2 aliphatic rings. The van der Waals surface area contributed by atoms with Crippen LogP contribution in [0.1, 0.15) is 5.56 Å². The number of pyridine rings is 1. The zero-order valence-electron chi connectivity index (χ0n) is 17.6. The fourth-order valence-corrected chi connectivity index (χ4v) is 4.54. The lowest BCUT2D eigenvalue weighted by atomic mass is 10.2. The normalized spacial score (nSPS) is 18.4. The first kappa shape index (κ1) is 22.0. The number of anilines is 1. The summed E-state index contributed by atoms with van der Waals surface area (Å²) in [7, 11) is 0. The Morgan fingerprint density at radius 1 is 1.06 bits per heavy atom. The van der Waals surface area contributed by atoms with Crippen LogP contribution in [0.4, 0.5) is 10.5 Å². The molecule has 0 saturated carbocycles. The predicted octanol–water partition coefficient (Wildman–Crippen LogP) is 2.06. The van der Waals surface area contributed by atoms with Gasteiger partial charge in [0.1, 0.15) is 0 Å². The molecule has 166 valence electrons. The highest BCUT2D eigenvalue weighted by Gasteiger charge is 2.34. The number of hydrogen-bond donors (Lipinski definition) is 1. The van der Waals surface area contributed by atoms with Crippen molar-refractivity contribution in [3.05, 3.63) is 65.3 Å². The van der Waals surface area contributed by atoms with E-state index >= 15 is 0 Å². The van der Waals surface area contributed by atoms with E-state index in [9.17, 15) is 14.4 Å². The van der Waals surface area contributed by atoms with Gasteiger partial charge in [0.2, 0.25) is 5.91 Å². The van der Waals surface area contributed by atoms with E-state index in [1.54, 1.807) is 24.5 Å². The number of carbonyl (C=O) groups excluding carboxylic acids is 3. The van der Waals surface area contributed by atoms with Gasteiger partial charge in [-0.05, 0) is 41.6 Å². The molecule has 1 aromatic carbocycles. The number of carbonyl (C=O) groups is 3. The first-order chi connectivity index (χ1) is 15.6. The summed E-state index contributed by atoms with van der Waals surface area (Å²) in [5.74, 6) is -0.439. The third-order valence-electron chi connectivity index (χ3n) is 5.37. The highest BCUT2D eigenvalue weighted by atomic mass is 32.2. The van der Waals surface area contributed by atoms with Crippen molar-refractivity contribution in [2.75, 3.05) is 50.7 Å². The van der Waals surface area contributed by atoms with E-state index in [4.69, 9.17) is 0 Å². The molecule has 4 rings (SSSR count). The summed E-state index contributed by atoms with van der Waals surface area (Å²) < 4.78 is 0. The third kappa shape index (κ3) is 5.54. The minimum atomic E-state index is -0.338. The van der Waals surface area contributed by atoms with Crippen LogP contribution < -0.4 is 10.2 Å². The Morgan fingerprint density at radius 3 is 2.56 bits per heavy atom. The number of nitrogens with zero attached hydrogens (tertiary/aromatic N) is 4. The van der Waals surface area contributed by atoms with Crippen molar-refractivity contribution in [3.8, 4) is 0 Å². The molecule has 0 aliphatic carbocycles. The van der Waals surface area contributed by atoms with Gasteiger partial charge >= 0.3 is 0 Å². The van der Waals surface area contributed by atoms with Crippen molar-refractivity contribution in [2.45, 2.75) is 0 Å². The van der Waals surface area contributed by atoms with Crippen LogP contribution in [-0.2, 0) is 9.59 Å². The van der Waals surface area contributed by atoms with Crippen molar-refractivity contribution in [2.24, 2.45) is 0 Å². The average Bonchev–Trinajstić information content (AvgIpc) is 3.08. The second-order valence-corrected chi connectivity index (χ2v) is 8.56. The van der Waals surface area contributed by atoms with Gasteiger partial charge in [-0.1, -0.05) is 24.3 Å². The van der Waals surface area contributed by atoms with Crippen molar-refractivity contribution in [1.82, 2.24) is 20.1 Å². The molecule has 8 nitrogen and oxygen atoms in total. The van der Waals surface area contributed by atoms with Crippen LogP contribution in [0.25, 0.3) is 6.08 Å². The van der Waals surface area contributed by atoms with Crippen molar-refractivity contribution >= 4 is 40.6 Å². The summed E-state index contributed by atoms with van der Waals surface area (Å²) in [6, 6.07) is 13.8. The summed E-state index contributed by atoms with van der Waals surface area (Å²) in [4.78, 5) is 47.0. The standard InChI is InChI=1S/C23H25N5O3S/c29-21(17-26-11-13-27(14-12-26)19-6-2-1-3-7-19)25-9-10-28-22(30)20(32-23(28)31)15-18-5-4-8-24-16-18/h1-8,15-16H,9-14,17H2,(H,25,29)/b20-15-. The molecule has 0 bridgehead atoms. The first-order valence-electron chi connectivity index (χ1n) is 10.5. The number of piperazine rings is 1. The number of benzene rings is 1. The highest BCUT2D eigenvalue weighted by Crippen LogP contribution is 2.31. The molecule has 2 aliphatic heterocycles. The topological polar surface area (TPSA) is 85.8 Å². The summed E-state index contributed by atoms with van der Waals surface area (Å²) in [6.07, 6.45) is 4.94. The number of imide groups is 1. The average molecular weight is 452 g/mol. The number of para-hydroxylation sites is 1. The Morgan fingerprint density at radius 2 is 1.84 bits per heavy atom. The molecule has 9 heteroatoms. The number of aromatic nitrogens is 1. The lowest BCUT2D eigenvalue weighted by molar-refractivity contribution is -0.124. The fraction of sp³-hybridized carbons (Fsp3) is 0.304. The van der Waals surface area contributed by atoms with Gasteiger partial charge in [0.05, 0.1) is 11.4 Å². The van der Waals surface area contributed by atoms with Crippen LogP contribution in [0, 0.1) is 0 Å². The molecule has 0 atom stereocenters. The van der Waals surface area contributed by atoms with E-state index in [1.165, 1.54) is 10.6 Å². The van der Waals surface area contributed by atoms with Gasteiger partial charge in [-0.3, -0.25) is 29.2 Å². The molecule has 0 radical (unpaired) electrons. The number of nitrogens with one attached hydrogen (secondary N) is 1. The molecule has 32 heavy (non-hydrogen) atoms. The predicted molar refractivity (Wildman–Crippen MR) is 125 cm³/mol. The lowest BCUT2D eigenvalue weighted by Gasteiger charge is -2.35. The zero-order valence-corrected chi connectivity index (χ0v) is 18.5. The molecular formula is C23H25N5O3S. The largest absolute Gasteiger partial charge is 0.369 e. The molecule has 1 N–H and O–H groups in total. The van der Waals surface area contributed by atoms with E-state index in [0.717, 1.165) is 43.5 Å². The minimum absolute atomic E-state index is 0.101. The van der Waals surface area contributed by atoms with Gasteiger partial charge in [-0.25, -0.2) is 0 Å². The van der Waals surface area contributed by atoms with Crippen molar-refractivity contribution in [1.29, 1.82) is 0 Å². The first-order valence-corrected chi connectivity index (χ1v) is 11.4. The third-order valence-corrected chi connectivity index (χ3v) is 6.28. The van der Waals surface area contributed by atoms with Gasteiger partial charge < -0.3 is 10.2 Å². The highest BCUT2D eigenvalue weighted by molar-refractivity contribution is 8.18. The van der Waals surface area contributed by atoms with Crippen LogP contribution in [-0.4, -0.2) is 77.7 Å². The van der Waals surface area contributed by atoms with Crippen LogP contribution in [0.5, 0.6) is 0 Å². The van der Waals surface area contributed by atoms with Crippen molar-refractivity contribution < 1.29 is 14.4 Å². The molecule has 3 amide bonds. The van der Waals surface area contributed by atoms with E-state index < -0.39 is 0 Å². The van der Waals surface area contributed by atoms with E-state index in [2.05, 4.69) is 32.2 Å². The monoisotopic (exact) mass is 451 g/mol. The fourth-order valence-electron chi connectivity index (χ4n) is 3.67. The molecule has 1 aromatic heterocycles. The summed E-state index contributed by atoms with van der Waals surface area (Å²) in [5, 5.41) is 2.50. The molecule has 2 fully saturated rings. The Labute approximate surface area is 191 Å². The van der Waals surface area contributed by atoms with E-state index in [-0.39, 0.29) is 30.1 Å². The van der Waals surface area contributed by atoms with Gasteiger partial charge in [-0.15, -0.1) is 0 Å². The number of amides is 3. The van der Waals surface area contributed by atoms with Crippen LogP contribution in [0.2, 0.25) is 0 Å². The zero-order chi connectivity index (χ0) is 22.3. The van der Waals surface area contributed by atoms with Crippen LogP contribution >= 0.6 is 11.8 Å². The van der Waals surface area contributed by atoms with Crippen LogP contribution in [0.15, 0.2) is 59.8 Å². The number of thioether (sulfide) groups is 1. The summed E-state index contributed by atoms with van der Waals surface area (Å²) >= 11 is 0.907. The Balaban J connectivity index is 1.19. The maximum absolute atomic E-state index is 12.5. The van der Waals surface area contributed by atoms with Crippen molar-refractivity contribution in [3.63, 3.8) is 0 Å². The number of rotatable bonds is 7. The Kier molecular flexibility index (Phi) is 7.18. The Hall–Kier alpha value is -3.17. The summed E-state index contributed by atoms with van der Waals surface area (Å²) in [6.45, 7) is 4.07. The molecule has 2 saturated heterocycles. The summed E-state index contributed by atoms with van der Waals surface area (Å²) in [5.41, 5.74) is 1.96. The second kappa shape index (κ2) is 10.4. The van der Waals surface area contributed by atoms with Crippen LogP contribution in [0.3, 0.4) is 0 Å². The Bertz CT molecular complexity index is 991. The molecule has 0 spiro atoms. The molecule has 2 aromatic rings. The maximum atomic E-state index is 12.5. The van der Waals surface area contributed by atoms with E-state index in [0.29, 0.717) is 11.4 Å². The van der Waals surface area contributed by atoms with Gasteiger partial charge in [0.25, 0.3) is 11.1 Å². The smallest absolute Gasteiger partial charge is 0.293 e. The van der Waals surface area contributed by atoms with Gasteiger partial charge in [0, 0.05) is 57.3 Å². The lowest BCUT2D eigenvalue weighted by Crippen LogP contribution is -2.50. The van der Waals surface area contributed by atoms with E-state index in [1.807, 2.05) is 24.3 Å². The minimum Gasteiger partial charge on any atom is -0.369 e. The maximum Gasteiger partial charge on any atom is 0.293 e. The number of hydrogen-bond acceptors (Lipinski definition) is 7. The SMILES string of the molecule is O=C(CN1CCN(c2ccccc2)CC1)NCCN1C(=O)S/C(=C\c2cccnc2)C1=O. The quantitative estimate of drug-likeness (QED) is 0.645. The molecule has 0 unspecified atom stereocenters. The van der Waals surface area contributed by atoms with Gasteiger partial charge in [-0.2, -0.15) is 0 Å².